The maximum absolute atomic E-state index is 13.9. The summed E-state index contributed by atoms with van der Waals surface area (Å²) < 4.78 is 54.9. The molecular formula is C26H19F4N3O. The van der Waals surface area contributed by atoms with Gasteiger partial charge in [-0.2, -0.15) is 0 Å². The highest BCUT2D eigenvalue weighted by Crippen LogP contribution is 2.37. The lowest BCUT2D eigenvalue weighted by molar-refractivity contribution is -0.112. The average molecular weight is 465 g/mol. The summed E-state index contributed by atoms with van der Waals surface area (Å²) in [7, 11) is 0. The third kappa shape index (κ3) is 4.96. The second-order valence-corrected chi connectivity index (χ2v) is 8.08. The lowest BCUT2D eigenvalue weighted by atomic mass is 9.77. The molecule has 0 saturated heterocycles. The largest absolute Gasteiger partial charge is 0.324 e. The first-order valence-corrected chi connectivity index (χ1v) is 10.3. The molecule has 1 N–H and O–H groups in total. The molecule has 34 heavy (non-hydrogen) atoms. The highest BCUT2D eigenvalue weighted by Gasteiger charge is 2.30. The molecule has 172 valence electrons. The van der Waals surface area contributed by atoms with Crippen molar-refractivity contribution in [2.24, 2.45) is 0 Å². The van der Waals surface area contributed by atoms with Crippen LogP contribution in [0.1, 0.15) is 18.1 Å². The molecule has 0 spiro atoms. The van der Waals surface area contributed by atoms with Crippen LogP contribution in [0.5, 0.6) is 0 Å². The summed E-state index contributed by atoms with van der Waals surface area (Å²) in [6.45, 7) is 1.63. The summed E-state index contributed by atoms with van der Waals surface area (Å²) in [5, 5.41) is 3.06. The van der Waals surface area contributed by atoms with Gasteiger partial charge in [0.05, 0.1) is 5.41 Å². The van der Waals surface area contributed by atoms with Crippen LogP contribution in [0.2, 0.25) is 0 Å². The number of nitrogens with one attached hydrogen (secondary N) is 1. The minimum absolute atomic E-state index is 0.0171. The first kappa shape index (κ1) is 23.1. The van der Waals surface area contributed by atoms with Crippen LogP contribution in [0.25, 0.3) is 11.1 Å². The van der Waals surface area contributed by atoms with E-state index in [0.717, 1.165) is 30.3 Å². The van der Waals surface area contributed by atoms with Crippen molar-refractivity contribution in [1.29, 1.82) is 0 Å². The van der Waals surface area contributed by atoms with Crippen LogP contribution in [-0.4, -0.2) is 16.3 Å². The molecule has 1 aromatic heterocycles. The van der Waals surface area contributed by atoms with E-state index in [1.165, 1.54) is 6.07 Å². The number of rotatable bonds is 7. The Morgan fingerprint density at radius 1 is 0.853 bits per heavy atom. The Kier molecular flexibility index (Phi) is 6.40. The van der Waals surface area contributed by atoms with Gasteiger partial charge in [-0.15, -0.1) is 0 Å². The van der Waals surface area contributed by atoms with Crippen molar-refractivity contribution in [2.45, 2.75) is 18.8 Å². The van der Waals surface area contributed by atoms with Gasteiger partial charge in [-0.25, -0.2) is 27.5 Å². The maximum Gasteiger partial charge on any atom is 0.227 e. The highest BCUT2D eigenvalue weighted by molar-refractivity contribution is 5.79. The van der Waals surface area contributed by atoms with E-state index in [2.05, 4.69) is 15.3 Å². The standard InChI is InChI=1S/C26H19F4N3O/c1-26(15-34,14-16-9-19(27)13-20(28)10-16)21-11-17(18-3-5-22(29)23(30)12-18)4-6-24(21)33-25-31-7-2-8-32-25/h2-13,15H,14H2,1H3,(H,31,32,33). The summed E-state index contributed by atoms with van der Waals surface area (Å²) in [5.41, 5.74) is 0.893. The zero-order valence-electron chi connectivity index (χ0n) is 18.0. The second-order valence-electron chi connectivity index (χ2n) is 8.08. The van der Waals surface area contributed by atoms with E-state index in [1.807, 2.05) is 0 Å². The fourth-order valence-electron chi connectivity index (χ4n) is 3.80. The first-order chi connectivity index (χ1) is 16.3. The van der Waals surface area contributed by atoms with E-state index < -0.39 is 28.7 Å². The van der Waals surface area contributed by atoms with Crippen molar-refractivity contribution in [3.05, 3.63) is 107 Å². The van der Waals surface area contributed by atoms with Crippen LogP contribution in [0.4, 0.5) is 29.2 Å². The SMILES string of the molecule is CC(C=O)(Cc1cc(F)cc(F)c1)c1cc(-c2ccc(F)c(F)c2)ccc1Nc1ncccn1. The predicted octanol–water partition coefficient (Wildman–Crippen LogP) is 6.14. The van der Waals surface area contributed by atoms with Crippen molar-refractivity contribution < 1.29 is 22.4 Å². The Morgan fingerprint density at radius 2 is 1.50 bits per heavy atom. The van der Waals surface area contributed by atoms with E-state index in [1.54, 1.807) is 43.6 Å². The van der Waals surface area contributed by atoms with Gasteiger partial charge in [0.15, 0.2) is 11.6 Å². The minimum Gasteiger partial charge on any atom is -0.324 e. The van der Waals surface area contributed by atoms with Gasteiger partial charge in [0.2, 0.25) is 5.95 Å². The number of anilines is 2. The van der Waals surface area contributed by atoms with Gasteiger partial charge in [-0.3, -0.25) is 0 Å². The molecule has 0 aliphatic heterocycles. The third-order valence-corrected chi connectivity index (χ3v) is 5.45. The molecular weight excluding hydrogens is 446 g/mol. The molecule has 0 saturated carbocycles. The number of hydrogen-bond donors (Lipinski definition) is 1. The van der Waals surface area contributed by atoms with Crippen LogP contribution < -0.4 is 5.32 Å². The molecule has 1 atom stereocenters. The quantitative estimate of drug-likeness (QED) is 0.263. The lowest BCUT2D eigenvalue weighted by Gasteiger charge is -2.27. The first-order valence-electron chi connectivity index (χ1n) is 10.3. The smallest absolute Gasteiger partial charge is 0.227 e. The molecule has 0 amide bonds. The summed E-state index contributed by atoms with van der Waals surface area (Å²) in [5.74, 6) is -3.22. The Balaban J connectivity index is 1.84. The number of benzene rings is 3. The average Bonchev–Trinajstić information content (AvgIpc) is 2.81. The lowest BCUT2D eigenvalue weighted by Crippen LogP contribution is -2.28. The molecule has 4 rings (SSSR count). The summed E-state index contributed by atoms with van der Waals surface area (Å²) in [4.78, 5) is 20.7. The molecule has 0 bridgehead atoms. The van der Waals surface area contributed by atoms with E-state index in [9.17, 15) is 22.4 Å². The number of hydrogen-bond acceptors (Lipinski definition) is 4. The fourth-order valence-corrected chi connectivity index (χ4v) is 3.80. The number of nitrogens with zero attached hydrogens (tertiary/aromatic N) is 2. The molecule has 1 unspecified atom stereocenters. The Morgan fingerprint density at radius 3 is 2.15 bits per heavy atom. The van der Waals surface area contributed by atoms with Gasteiger partial charge < -0.3 is 10.1 Å². The molecule has 4 nitrogen and oxygen atoms in total. The summed E-state index contributed by atoms with van der Waals surface area (Å²) >= 11 is 0. The van der Waals surface area contributed by atoms with Crippen LogP contribution in [0.3, 0.4) is 0 Å². The van der Waals surface area contributed by atoms with Crippen molar-refractivity contribution in [1.82, 2.24) is 9.97 Å². The molecule has 3 aromatic carbocycles. The Labute approximate surface area is 193 Å². The summed E-state index contributed by atoms with van der Waals surface area (Å²) in [6.07, 6.45) is 3.76. The van der Waals surface area contributed by atoms with E-state index in [0.29, 0.717) is 28.7 Å². The minimum atomic E-state index is -1.24. The van der Waals surface area contributed by atoms with E-state index in [4.69, 9.17) is 0 Å². The van der Waals surface area contributed by atoms with Crippen molar-refractivity contribution in [3.63, 3.8) is 0 Å². The van der Waals surface area contributed by atoms with Gasteiger partial charge in [0.25, 0.3) is 0 Å². The third-order valence-electron chi connectivity index (χ3n) is 5.45. The fraction of sp³-hybridized carbons (Fsp3) is 0.115. The zero-order valence-corrected chi connectivity index (χ0v) is 18.0. The molecule has 1 heterocycles. The predicted molar refractivity (Wildman–Crippen MR) is 121 cm³/mol. The topological polar surface area (TPSA) is 54.9 Å². The maximum atomic E-state index is 13.9. The molecule has 0 aliphatic carbocycles. The van der Waals surface area contributed by atoms with Gasteiger partial charge in [-0.05, 0) is 78.1 Å². The van der Waals surface area contributed by atoms with E-state index in [-0.39, 0.29) is 17.9 Å². The molecule has 0 radical (unpaired) electrons. The van der Waals surface area contributed by atoms with Crippen LogP contribution in [0, 0.1) is 23.3 Å². The number of aromatic nitrogens is 2. The molecule has 4 aromatic rings. The second kappa shape index (κ2) is 9.43. The van der Waals surface area contributed by atoms with Gasteiger partial charge in [0.1, 0.15) is 17.9 Å². The van der Waals surface area contributed by atoms with Crippen LogP contribution in [-0.2, 0) is 16.6 Å². The van der Waals surface area contributed by atoms with Gasteiger partial charge >= 0.3 is 0 Å². The zero-order chi connectivity index (χ0) is 24.3. The van der Waals surface area contributed by atoms with Gasteiger partial charge in [-0.1, -0.05) is 12.1 Å². The summed E-state index contributed by atoms with van der Waals surface area (Å²) in [6, 6.07) is 13.2. The monoisotopic (exact) mass is 465 g/mol. The molecule has 0 fully saturated rings. The molecule has 8 heteroatoms. The van der Waals surface area contributed by atoms with Crippen molar-refractivity contribution in [3.8, 4) is 11.1 Å². The van der Waals surface area contributed by atoms with Crippen molar-refractivity contribution in [2.75, 3.05) is 5.32 Å². The van der Waals surface area contributed by atoms with Crippen LogP contribution >= 0.6 is 0 Å². The normalized spacial score (nSPS) is 12.7. The Hall–Kier alpha value is -4.07. The number of carbonyl (C=O) groups is 1. The number of halogens is 4. The number of carbonyl (C=O) groups excluding carboxylic acids is 1. The van der Waals surface area contributed by atoms with Crippen LogP contribution in [0.15, 0.2) is 73.1 Å². The number of aldehydes is 1. The van der Waals surface area contributed by atoms with Crippen molar-refractivity contribution >= 4 is 17.9 Å². The van der Waals surface area contributed by atoms with E-state index >= 15 is 0 Å². The highest BCUT2D eigenvalue weighted by atomic mass is 19.2. The van der Waals surface area contributed by atoms with Gasteiger partial charge in [0, 0.05) is 24.1 Å². The molecule has 0 aliphatic rings. The Bertz CT molecular complexity index is 1330.